The first-order chi connectivity index (χ1) is 8.16. The summed E-state index contributed by atoms with van der Waals surface area (Å²) >= 11 is 6.18. The van der Waals surface area contributed by atoms with Crippen LogP contribution in [0.15, 0.2) is 18.2 Å². The number of carboxylic acid groups (broad SMARTS) is 1. The lowest BCUT2D eigenvalue weighted by molar-refractivity contribution is -0.136. The second-order valence-corrected chi connectivity index (χ2v) is 4.76. The summed E-state index contributed by atoms with van der Waals surface area (Å²) in [5, 5.41) is 9.20. The number of halogens is 1. The monoisotopic (exact) mass is 254 g/mol. The molecule has 0 heterocycles. The van der Waals surface area contributed by atoms with Gasteiger partial charge in [0.05, 0.1) is 11.6 Å². The van der Waals surface area contributed by atoms with Crippen molar-refractivity contribution in [2.75, 3.05) is 6.61 Å². The second kappa shape index (κ2) is 5.41. The van der Waals surface area contributed by atoms with E-state index in [9.17, 15) is 4.79 Å². The van der Waals surface area contributed by atoms with E-state index in [0.29, 0.717) is 29.7 Å². The Morgan fingerprint density at radius 3 is 2.88 bits per heavy atom. The molecule has 0 atom stereocenters. The fourth-order valence-electron chi connectivity index (χ4n) is 1.59. The zero-order valence-corrected chi connectivity index (χ0v) is 10.2. The van der Waals surface area contributed by atoms with Crippen LogP contribution in [0.25, 0.3) is 0 Å². The average molecular weight is 255 g/mol. The van der Waals surface area contributed by atoms with Crippen molar-refractivity contribution in [2.45, 2.75) is 25.7 Å². The topological polar surface area (TPSA) is 46.5 Å². The molecule has 0 radical (unpaired) electrons. The summed E-state index contributed by atoms with van der Waals surface area (Å²) in [4.78, 5) is 10.5. The van der Waals surface area contributed by atoms with E-state index in [1.165, 1.54) is 12.8 Å². The highest BCUT2D eigenvalue weighted by molar-refractivity contribution is 6.32. The maximum atomic E-state index is 10.5. The third-order valence-electron chi connectivity index (χ3n) is 2.82. The zero-order chi connectivity index (χ0) is 12.3. The highest BCUT2D eigenvalue weighted by Crippen LogP contribution is 2.33. The molecule has 0 bridgehead atoms. The quantitative estimate of drug-likeness (QED) is 0.848. The summed E-state index contributed by atoms with van der Waals surface area (Å²) in [5.74, 6) is 0.528. The highest BCUT2D eigenvalue weighted by atomic mass is 35.5. The molecule has 3 nitrogen and oxygen atoms in total. The van der Waals surface area contributed by atoms with E-state index in [2.05, 4.69) is 0 Å². The molecule has 0 spiro atoms. The van der Waals surface area contributed by atoms with Gasteiger partial charge in [0.25, 0.3) is 0 Å². The molecule has 0 amide bonds. The lowest BCUT2D eigenvalue weighted by Gasteiger charge is -2.10. The maximum absolute atomic E-state index is 10.5. The van der Waals surface area contributed by atoms with Gasteiger partial charge in [-0.2, -0.15) is 0 Å². The summed E-state index contributed by atoms with van der Waals surface area (Å²) in [6.07, 6.45) is 2.99. The molecule has 0 unspecified atom stereocenters. The Labute approximate surface area is 105 Å². The van der Waals surface area contributed by atoms with Crippen molar-refractivity contribution in [1.29, 1.82) is 0 Å². The number of aryl methyl sites for hydroxylation is 1. The van der Waals surface area contributed by atoms with Crippen LogP contribution in [0.5, 0.6) is 5.75 Å². The summed E-state index contributed by atoms with van der Waals surface area (Å²) in [6.45, 7) is 0.710. The van der Waals surface area contributed by atoms with Gasteiger partial charge in [-0.05, 0) is 36.8 Å². The molecule has 0 saturated heterocycles. The van der Waals surface area contributed by atoms with E-state index in [4.69, 9.17) is 21.4 Å². The number of aliphatic carboxylic acids is 1. The van der Waals surface area contributed by atoms with Crippen LogP contribution in [-0.2, 0) is 11.2 Å². The molecule has 1 aliphatic rings. The fraction of sp³-hybridized carbons (Fsp3) is 0.462. The van der Waals surface area contributed by atoms with Gasteiger partial charge < -0.3 is 9.84 Å². The molecule has 2 rings (SSSR count). The summed E-state index contributed by atoms with van der Waals surface area (Å²) in [5.41, 5.74) is 0.836. The first kappa shape index (κ1) is 12.2. The predicted molar refractivity (Wildman–Crippen MR) is 65.6 cm³/mol. The van der Waals surface area contributed by atoms with Crippen LogP contribution >= 0.6 is 11.6 Å². The van der Waals surface area contributed by atoms with Gasteiger partial charge in [-0.25, -0.2) is 0 Å². The van der Waals surface area contributed by atoms with E-state index in [1.54, 1.807) is 0 Å². The van der Waals surface area contributed by atoms with Crippen LogP contribution in [0.2, 0.25) is 5.02 Å². The minimum atomic E-state index is -0.814. The Balaban J connectivity index is 2.00. The minimum absolute atomic E-state index is 0.0891. The van der Waals surface area contributed by atoms with Crippen LogP contribution in [-0.4, -0.2) is 17.7 Å². The number of hydrogen-bond donors (Lipinski definition) is 1. The molecule has 1 N–H and O–H groups in total. The first-order valence-corrected chi connectivity index (χ1v) is 6.16. The van der Waals surface area contributed by atoms with Crippen molar-refractivity contribution in [3.8, 4) is 5.75 Å². The Morgan fingerprint density at radius 2 is 2.24 bits per heavy atom. The summed E-state index contributed by atoms with van der Waals surface area (Å²) in [6, 6.07) is 5.52. The van der Waals surface area contributed by atoms with Crippen molar-refractivity contribution in [2.24, 2.45) is 5.92 Å². The Bertz CT molecular complexity index is 413. The highest BCUT2D eigenvalue weighted by Gasteiger charge is 2.22. The zero-order valence-electron chi connectivity index (χ0n) is 9.49. The van der Waals surface area contributed by atoms with Crippen molar-refractivity contribution in [3.63, 3.8) is 0 Å². The van der Waals surface area contributed by atoms with Gasteiger partial charge in [0.15, 0.2) is 0 Å². The first-order valence-electron chi connectivity index (χ1n) is 5.79. The standard InChI is InChI=1S/C13H15ClO3/c14-13-10(6-7-12(15)16)2-1-3-11(13)17-8-9-4-5-9/h1-3,9H,4-8H2,(H,15,16). The van der Waals surface area contributed by atoms with Gasteiger partial charge in [-0.3, -0.25) is 4.79 Å². The molecule has 92 valence electrons. The van der Waals surface area contributed by atoms with E-state index in [1.807, 2.05) is 18.2 Å². The van der Waals surface area contributed by atoms with Crippen molar-refractivity contribution in [3.05, 3.63) is 28.8 Å². The number of rotatable bonds is 6. The minimum Gasteiger partial charge on any atom is -0.492 e. The van der Waals surface area contributed by atoms with Crippen molar-refractivity contribution in [1.82, 2.24) is 0 Å². The SMILES string of the molecule is O=C(O)CCc1cccc(OCC2CC2)c1Cl. The maximum Gasteiger partial charge on any atom is 0.303 e. The van der Waals surface area contributed by atoms with Crippen molar-refractivity contribution >= 4 is 17.6 Å². The van der Waals surface area contributed by atoms with Gasteiger partial charge in [0.2, 0.25) is 0 Å². The van der Waals surface area contributed by atoms with Crippen LogP contribution in [0, 0.1) is 5.92 Å². The van der Waals surface area contributed by atoms with E-state index in [-0.39, 0.29) is 6.42 Å². The van der Waals surface area contributed by atoms with Crippen LogP contribution in [0.4, 0.5) is 0 Å². The fourth-order valence-corrected chi connectivity index (χ4v) is 1.87. The van der Waals surface area contributed by atoms with Gasteiger partial charge in [0.1, 0.15) is 5.75 Å². The molecule has 0 aromatic heterocycles. The predicted octanol–water partition coefficient (Wildman–Crippen LogP) is 3.15. The van der Waals surface area contributed by atoms with Crippen LogP contribution < -0.4 is 4.74 Å². The summed E-state index contributed by atoms with van der Waals surface area (Å²) < 4.78 is 5.63. The third kappa shape index (κ3) is 3.63. The lowest BCUT2D eigenvalue weighted by Crippen LogP contribution is -2.02. The van der Waals surface area contributed by atoms with E-state index < -0.39 is 5.97 Å². The number of hydrogen-bond acceptors (Lipinski definition) is 2. The smallest absolute Gasteiger partial charge is 0.303 e. The summed E-state index contributed by atoms with van der Waals surface area (Å²) in [7, 11) is 0. The third-order valence-corrected chi connectivity index (χ3v) is 3.25. The van der Waals surface area contributed by atoms with Crippen molar-refractivity contribution < 1.29 is 14.6 Å². The number of benzene rings is 1. The van der Waals surface area contributed by atoms with Crippen LogP contribution in [0.3, 0.4) is 0 Å². The average Bonchev–Trinajstić information content (AvgIpc) is 3.10. The molecule has 1 aromatic rings. The van der Waals surface area contributed by atoms with Gasteiger partial charge in [-0.1, -0.05) is 23.7 Å². The number of ether oxygens (including phenoxy) is 1. The van der Waals surface area contributed by atoms with E-state index in [0.717, 1.165) is 5.56 Å². The molecule has 17 heavy (non-hydrogen) atoms. The molecule has 0 aliphatic heterocycles. The molecule has 4 heteroatoms. The molecule has 1 saturated carbocycles. The van der Waals surface area contributed by atoms with Gasteiger partial charge in [-0.15, -0.1) is 0 Å². The molecule has 1 aromatic carbocycles. The normalized spacial score (nSPS) is 14.6. The Morgan fingerprint density at radius 1 is 1.47 bits per heavy atom. The second-order valence-electron chi connectivity index (χ2n) is 4.38. The number of carboxylic acids is 1. The molecule has 1 aliphatic carbocycles. The van der Waals surface area contributed by atoms with Gasteiger partial charge >= 0.3 is 5.97 Å². The molecule has 1 fully saturated rings. The largest absolute Gasteiger partial charge is 0.492 e. The van der Waals surface area contributed by atoms with Crippen LogP contribution in [0.1, 0.15) is 24.8 Å². The Hall–Kier alpha value is -1.22. The molecular weight excluding hydrogens is 240 g/mol. The lowest BCUT2D eigenvalue weighted by atomic mass is 10.1. The Kier molecular flexibility index (Phi) is 3.89. The molecular formula is C13H15ClO3. The van der Waals surface area contributed by atoms with Gasteiger partial charge in [0, 0.05) is 6.42 Å². The van der Waals surface area contributed by atoms with E-state index >= 15 is 0 Å². The number of carbonyl (C=O) groups is 1.